The largest absolute Gasteiger partial charge is 0.511 e. The van der Waals surface area contributed by atoms with Crippen LogP contribution in [-0.2, 0) is 9.53 Å². The first-order chi connectivity index (χ1) is 11.5. The summed E-state index contributed by atoms with van der Waals surface area (Å²) >= 11 is 0. The van der Waals surface area contributed by atoms with Crippen LogP contribution in [0.25, 0.3) is 5.57 Å². The molecule has 1 aromatic carbocycles. The molecule has 4 nitrogen and oxygen atoms in total. The molecule has 126 valence electrons. The van der Waals surface area contributed by atoms with Gasteiger partial charge < -0.3 is 15.2 Å². The number of aliphatic hydroxyl groups is 1. The summed E-state index contributed by atoms with van der Waals surface area (Å²) in [6.45, 7) is 7.28. The van der Waals surface area contributed by atoms with Gasteiger partial charge in [0.25, 0.3) is 0 Å². The fraction of sp³-hybridized carbons (Fsp3) is 0.450. The molecule has 0 unspecified atom stereocenters. The number of carbonyl (C=O) groups excluding carboxylic acids is 1. The van der Waals surface area contributed by atoms with Gasteiger partial charge in [0.15, 0.2) is 0 Å². The van der Waals surface area contributed by atoms with Gasteiger partial charge in [-0.15, -0.1) is 5.92 Å². The Kier molecular flexibility index (Phi) is 4.38. The highest BCUT2D eigenvalue weighted by atomic mass is 16.6. The molecule has 0 bridgehead atoms. The number of hydrogen-bond donors (Lipinski definition) is 2. The van der Waals surface area contributed by atoms with Crippen LogP contribution in [0.4, 0.5) is 0 Å². The normalized spacial score (nSPS) is 19.7. The number of ether oxygens (including phenoxy) is 1. The molecule has 4 heteroatoms. The molecule has 2 N–H and O–H groups in total. The summed E-state index contributed by atoms with van der Waals surface area (Å²) in [5.74, 6) is 5.65. The Bertz CT molecular complexity index is 751. The molecular formula is C20H23NO3. The molecular weight excluding hydrogens is 302 g/mol. The second-order valence-corrected chi connectivity index (χ2v) is 6.68. The van der Waals surface area contributed by atoms with Gasteiger partial charge in [0.2, 0.25) is 0 Å². The lowest BCUT2D eigenvalue weighted by Crippen LogP contribution is -2.47. The maximum atomic E-state index is 12.7. The maximum Gasteiger partial charge on any atom is 0.342 e. The van der Waals surface area contributed by atoms with Crippen LogP contribution in [-0.4, -0.2) is 29.8 Å². The first-order valence-electron chi connectivity index (χ1n) is 8.36. The second kappa shape index (κ2) is 6.33. The zero-order valence-corrected chi connectivity index (χ0v) is 14.5. The van der Waals surface area contributed by atoms with Gasteiger partial charge in [-0.2, -0.15) is 0 Å². The lowest BCUT2D eigenvalue weighted by Gasteiger charge is -2.40. The predicted octanol–water partition coefficient (Wildman–Crippen LogP) is 3.01. The van der Waals surface area contributed by atoms with Crippen LogP contribution in [0.2, 0.25) is 0 Å². The first kappa shape index (κ1) is 16.6. The Morgan fingerprint density at radius 3 is 2.38 bits per heavy atom. The molecule has 1 fully saturated rings. The monoisotopic (exact) mass is 325 g/mol. The highest BCUT2D eigenvalue weighted by molar-refractivity contribution is 6.18. The third kappa shape index (κ3) is 2.92. The number of rotatable bonds is 1. The van der Waals surface area contributed by atoms with Gasteiger partial charge in [-0.3, -0.25) is 0 Å². The molecule has 2 aliphatic rings. The number of aliphatic hydroxyl groups excluding tert-OH is 1. The average Bonchev–Trinajstić information content (AvgIpc) is 2.50. The molecule has 0 amide bonds. The van der Waals surface area contributed by atoms with Crippen LogP contribution in [0.3, 0.4) is 0 Å². The van der Waals surface area contributed by atoms with Crippen molar-refractivity contribution in [3.05, 3.63) is 40.1 Å². The van der Waals surface area contributed by atoms with E-state index in [4.69, 9.17) is 4.74 Å². The number of carbonyl (C=O) groups is 1. The summed E-state index contributed by atoms with van der Waals surface area (Å²) in [7, 11) is 0. The van der Waals surface area contributed by atoms with Crippen molar-refractivity contribution in [2.75, 3.05) is 13.1 Å². The van der Waals surface area contributed by atoms with Crippen molar-refractivity contribution >= 4 is 11.5 Å². The summed E-state index contributed by atoms with van der Waals surface area (Å²) in [5, 5.41) is 13.9. The molecule has 0 aromatic heterocycles. The SMILES string of the molecule is CC#Cc1cc(C)c(C2=C(O)CC3(CCNCC3)OC2=O)c(C)c1. The molecule has 0 aliphatic carbocycles. The topological polar surface area (TPSA) is 58.6 Å². The summed E-state index contributed by atoms with van der Waals surface area (Å²) in [6, 6.07) is 3.89. The van der Waals surface area contributed by atoms with E-state index in [-0.39, 0.29) is 5.76 Å². The maximum absolute atomic E-state index is 12.7. The number of aryl methyl sites for hydroxylation is 2. The van der Waals surface area contributed by atoms with Gasteiger partial charge in [0.05, 0.1) is 0 Å². The van der Waals surface area contributed by atoms with E-state index in [0.717, 1.165) is 48.2 Å². The van der Waals surface area contributed by atoms with E-state index in [1.54, 1.807) is 6.92 Å². The summed E-state index contributed by atoms with van der Waals surface area (Å²) < 4.78 is 5.82. The third-order valence-corrected chi connectivity index (χ3v) is 4.86. The zero-order chi connectivity index (χ0) is 17.3. The van der Waals surface area contributed by atoms with Crippen LogP contribution in [0, 0.1) is 25.7 Å². The van der Waals surface area contributed by atoms with E-state index < -0.39 is 11.6 Å². The fourth-order valence-electron chi connectivity index (χ4n) is 3.78. The van der Waals surface area contributed by atoms with Crippen molar-refractivity contribution in [2.24, 2.45) is 0 Å². The predicted molar refractivity (Wildman–Crippen MR) is 93.6 cm³/mol. The molecule has 3 rings (SSSR count). The standard InChI is InChI=1S/C20H23NO3/c1-4-5-15-10-13(2)17(14(3)11-15)18-16(22)12-20(24-19(18)23)6-8-21-9-7-20/h10-11,21-22H,6-9,12H2,1-3H3. The molecule has 0 saturated carbocycles. The highest BCUT2D eigenvalue weighted by Crippen LogP contribution is 2.40. The van der Waals surface area contributed by atoms with Crippen LogP contribution in [0.15, 0.2) is 17.9 Å². The number of nitrogens with one attached hydrogen (secondary N) is 1. The molecule has 1 aromatic rings. The van der Waals surface area contributed by atoms with E-state index in [9.17, 15) is 9.90 Å². The van der Waals surface area contributed by atoms with Crippen molar-refractivity contribution in [3.63, 3.8) is 0 Å². The molecule has 24 heavy (non-hydrogen) atoms. The van der Waals surface area contributed by atoms with Gasteiger partial charge in [-0.05, 0) is 62.7 Å². The highest BCUT2D eigenvalue weighted by Gasteiger charge is 2.43. The molecule has 2 heterocycles. The third-order valence-electron chi connectivity index (χ3n) is 4.86. The van der Waals surface area contributed by atoms with E-state index in [1.165, 1.54) is 0 Å². The lowest BCUT2D eigenvalue weighted by molar-refractivity contribution is -0.158. The van der Waals surface area contributed by atoms with E-state index >= 15 is 0 Å². The number of piperidine rings is 1. The number of benzene rings is 1. The molecule has 0 radical (unpaired) electrons. The Hall–Kier alpha value is -2.25. The first-order valence-corrected chi connectivity index (χ1v) is 8.36. The molecule has 0 atom stereocenters. The van der Waals surface area contributed by atoms with Gasteiger partial charge in [-0.25, -0.2) is 4.79 Å². The second-order valence-electron chi connectivity index (χ2n) is 6.68. The Morgan fingerprint density at radius 2 is 1.83 bits per heavy atom. The van der Waals surface area contributed by atoms with Crippen LogP contribution < -0.4 is 5.32 Å². The minimum absolute atomic E-state index is 0.147. The van der Waals surface area contributed by atoms with Crippen molar-refractivity contribution in [2.45, 2.75) is 45.6 Å². The summed E-state index contributed by atoms with van der Waals surface area (Å²) in [6.07, 6.45) is 1.86. The van der Waals surface area contributed by atoms with Crippen molar-refractivity contribution in [1.29, 1.82) is 0 Å². The van der Waals surface area contributed by atoms with Crippen molar-refractivity contribution in [1.82, 2.24) is 5.32 Å². The van der Waals surface area contributed by atoms with Gasteiger partial charge in [0.1, 0.15) is 16.9 Å². The Morgan fingerprint density at radius 1 is 1.21 bits per heavy atom. The van der Waals surface area contributed by atoms with E-state index in [2.05, 4.69) is 17.2 Å². The molecule has 1 saturated heterocycles. The smallest absolute Gasteiger partial charge is 0.342 e. The van der Waals surface area contributed by atoms with Gasteiger partial charge in [-0.1, -0.05) is 5.92 Å². The van der Waals surface area contributed by atoms with Gasteiger partial charge in [0, 0.05) is 24.8 Å². The molecule has 1 spiro atoms. The minimum atomic E-state index is -0.550. The fourth-order valence-corrected chi connectivity index (χ4v) is 3.78. The minimum Gasteiger partial charge on any atom is -0.511 e. The van der Waals surface area contributed by atoms with Crippen molar-refractivity contribution in [3.8, 4) is 11.8 Å². The molecule has 2 aliphatic heterocycles. The Labute approximate surface area is 142 Å². The zero-order valence-electron chi connectivity index (χ0n) is 14.5. The average molecular weight is 325 g/mol. The van der Waals surface area contributed by atoms with Crippen LogP contribution in [0.1, 0.15) is 48.4 Å². The summed E-state index contributed by atoms with van der Waals surface area (Å²) in [4.78, 5) is 12.7. The quantitative estimate of drug-likeness (QED) is 0.615. The van der Waals surface area contributed by atoms with Crippen molar-refractivity contribution < 1.29 is 14.6 Å². The number of esters is 1. The lowest BCUT2D eigenvalue weighted by atomic mass is 9.82. The van der Waals surface area contributed by atoms with Crippen LogP contribution in [0.5, 0.6) is 0 Å². The number of hydrogen-bond acceptors (Lipinski definition) is 4. The van der Waals surface area contributed by atoms with Crippen LogP contribution >= 0.6 is 0 Å². The van der Waals surface area contributed by atoms with Gasteiger partial charge >= 0.3 is 5.97 Å². The van der Waals surface area contributed by atoms with E-state index in [1.807, 2.05) is 26.0 Å². The van der Waals surface area contributed by atoms with E-state index in [0.29, 0.717) is 12.0 Å². The Balaban J connectivity index is 2.04. The summed E-state index contributed by atoms with van der Waals surface area (Å²) in [5.41, 5.74) is 3.29.